The highest BCUT2D eigenvalue weighted by Crippen LogP contribution is 2.36. The van der Waals surface area contributed by atoms with Crippen molar-refractivity contribution in [2.75, 3.05) is 23.8 Å². The molecule has 0 saturated carbocycles. The molecule has 168 valence electrons. The summed E-state index contributed by atoms with van der Waals surface area (Å²) in [6, 6.07) is 10.3. The average Bonchev–Trinajstić information content (AvgIpc) is 3.40. The van der Waals surface area contributed by atoms with Crippen molar-refractivity contribution in [2.24, 2.45) is 5.92 Å². The van der Waals surface area contributed by atoms with Crippen molar-refractivity contribution >= 4 is 44.7 Å². The number of nitrogens with zero attached hydrogens (tertiary/aromatic N) is 3. The maximum atomic E-state index is 9.53. The predicted molar refractivity (Wildman–Crippen MR) is 136 cm³/mol. The van der Waals surface area contributed by atoms with Gasteiger partial charge in [-0.2, -0.15) is 4.98 Å². The van der Waals surface area contributed by atoms with Crippen molar-refractivity contribution in [1.82, 2.24) is 15.0 Å². The van der Waals surface area contributed by atoms with Crippen LogP contribution < -0.4 is 10.6 Å². The lowest BCUT2D eigenvalue weighted by Gasteiger charge is -2.16. The Bertz CT molecular complexity index is 1150. The van der Waals surface area contributed by atoms with Crippen LogP contribution in [0.1, 0.15) is 35.9 Å². The second kappa shape index (κ2) is 10.4. The minimum atomic E-state index is 0.207. The molecular weight excluding hydrogens is 438 g/mol. The van der Waals surface area contributed by atoms with Gasteiger partial charge < -0.3 is 15.7 Å². The van der Waals surface area contributed by atoms with Gasteiger partial charge in [0.05, 0.1) is 28.0 Å². The van der Waals surface area contributed by atoms with Gasteiger partial charge in [-0.25, -0.2) is 9.97 Å². The molecule has 0 aliphatic rings. The lowest BCUT2D eigenvalue weighted by atomic mass is 10.0. The van der Waals surface area contributed by atoms with Gasteiger partial charge in [-0.15, -0.1) is 22.7 Å². The molecule has 0 bridgehead atoms. The molecule has 0 amide bonds. The number of hydrogen-bond acceptors (Lipinski definition) is 8. The molecule has 0 aliphatic carbocycles. The van der Waals surface area contributed by atoms with Crippen LogP contribution >= 0.6 is 22.7 Å². The fourth-order valence-corrected chi connectivity index (χ4v) is 5.46. The molecule has 1 aromatic carbocycles. The number of aryl methyl sites for hydroxylation is 2. The van der Waals surface area contributed by atoms with E-state index in [1.165, 1.54) is 10.4 Å². The summed E-state index contributed by atoms with van der Waals surface area (Å²) in [6.45, 7) is 7.86. The molecule has 0 aliphatic heterocycles. The Labute approximate surface area is 196 Å². The number of fused-ring (bicyclic) bond motifs is 1. The van der Waals surface area contributed by atoms with Crippen LogP contribution in [-0.2, 0) is 6.54 Å². The van der Waals surface area contributed by atoms with Crippen LogP contribution in [0, 0.1) is 19.8 Å². The van der Waals surface area contributed by atoms with E-state index >= 15 is 0 Å². The number of aromatic nitrogens is 3. The van der Waals surface area contributed by atoms with E-state index in [1.807, 2.05) is 25.1 Å². The third kappa shape index (κ3) is 5.26. The zero-order valence-corrected chi connectivity index (χ0v) is 20.3. The molecule has 0 fully saturated rings. The predicted octanol–water partition coefficient (Wildman–Crippen LogP) is 5.86. The Balaban J connectivity index is 1.63. The van der Waals surface area contributed by atoms with Crippen molar-refractivity contribution in [3.63, 3.8) is 0 Å². The zero-order valence-electron chi connectivity index (χ0n) is 18.7. The van der Waals surface area contributed by atoms with Gasteiger partial charge in [0.1, 0.15) is 10.8 Å². The molecule has 4 rings (SSSR count). The maximum absolute atomic E-state index is 9.53. The van der Waals surface area contributed by atoms with Gasteiger partial charge in [-0.05, 0) is 55.3 Å². The number of hydrogen-bond donors (Lipinski definition) is 3. The summed E-state index contributed by atoms with van der Waals surface area (Å²) in [4.78, 5) is 15.7. The summed E-state index contributed by atoms with van der Waals surface area (Å²) in [6.07, 6.45) is 1.84. The van der Waals surface area contributed by atoms with Gasteiger partial charge >= 0.3 is 0 Å². The monoisotopic (exact) mass is 467 g/mol. The Hall–Kier alpha value is -2.55. The largest absolute Gasteiger partial charge is 0.396 e. The first kappa shape index (κ1) is 22.6. The van der Waals surface area contributed by atoms with Gasteiger partial charge in [0, 0.05) is 18.0 Å². The van der Waals surface area contributed by atoms with Crippen LogP contribution in [0.15, 0.2) is 35.7 Å². The highest BCUT2D eigenvalue weighted by atomic mass is 32.1. The minimum absolute atomic E-state index is 0.207. The van der Waals surface area contributed by atoms with Crippen molar-refractivity contribution in [3.8, 4) is 10.6 Å². The number of para-hydroxylation sites is 1. The molecule has 3 aromatic heterocycles. The molecule has 8 heteroatoms. The Morgan fingerprint density at radius 1 is 1.09 bits per heavy atom. The second-order valence-corrected chi connectivity index (χ2v) is 9.99. The van der Waals surface area contributed by atoms with E-state index in [-0.39, 0.29) is 12.5 Å². The van der Waals surface area contributed by atoms with E-state index in [2.05, 4.69) is 42.0 Å². The van der Waals surface area contributed by atoms with Gasteiger partial charge in [0.2, 0.25) is 5.95 Å². The Morgan fingerprint density at radius 3 is 2.66 bits per heavy atom. The van der Waals surface area contributed by atoms with E-state index in [0.29, 0.717) is 12.5 Å². The van der Waals surface area contributed by atoms with E-state index < -0.39 is 0 Å². The van der Waals surface area contributed by atoms with Crippen LogP contribution in [0.4, 0.5) is 11.8 Å². The molecule has 0 saturated heterocycles. The maximum Gasteiger partial charge on any atom is 0.225 e. The van der Waals surface area contributed by atoms with Gasteiger partial charge in [0.15, 0.2) is 0 Å². The van der Waals surface area contributed by atoms with E-state index in [1.54, 1.807) is 22.7 Å². The van der Waals surface area contributed by atoms with Gasteiger partial charge in [0.25, 0.3) is 0 Å². The third-order valence-electron chi connectivity index (χ3n) is 5.48. The normalized spacial score (nSPS) is 12.2. The van der Waals surface area contributed by atoms with Crippen molar-refractivity contribution in [3.05, 3.63) is 51.8 Å². The fourth-order valence-electron chi connectivity index (χ4n) is 3.58. The number of benzene rings is 1. The molecular formula is C24H29N5OS2. The Morgan fingerprint density at radius 2 is 1.94 bits per heavy atom. The molecule has 3 N–H and O–H groups in total. The smallest absolute Gasteiger partial charge is 0.225 e. The number of aliphatic hydroxyl groups is 1. The number of rotatable bonds is 10. The molecule has 0 spiro atoms. The summed E-state index contributed by atoms with van der Waals surface area (Å²) in [7, 11) is 0. The lowest BCUT2D eigenvalue weighted by molar-refractivity contribution is 0.217. The minimum Gasteiger partial charge on any atom is -0.396 e. The first-order valence-electron chi connectivity index (χ1n) is 10.9. The first-order chi connectivity index (χ1) is 15.6. The summed E-state index contributed by atoms with van der Waals surface area (Å²) in [5.41, 5.74) is 4.09. The molecule has 4 aromatic rings. The van der Waals surface area contributed by atoms with Crippen LogP contribution in [-0.4, -0.2) is 33.2 Å². The van der Waals surface area contributed by atoms with E-state index in [4.69, 9.17) is 15.0 Å². The zero-order chi connectivity index (χ0) is 22.5. The highest BCUT2D eigenvalue weighted by Gasteiger charge is 2.18. The van der Waals surface area contributed by atoms with Crippen LogP contribution in [0.2, 0.25) is 0 Å². The van der Waals surface area contributed by atoms with Gasteiger partial charge in [-0.3, -0.25) is 0 Å². The lowest BCUT2D eigenvalue weighted by Crippen LogP contribution is -2.14. The van der Waals surface area contributed by atoms with Crippen LogP contribution in [0.5, 0.6) is 0 Å². The number of thiazole rings is 1. The van der Waals surface area contributed by atoms with Crippen molar-refractivity contribution in [1.29, 1.82) is 0 Å². The number of aliphatic hydroxyl groups excluding tert-OH is 1. The van der Waals surface area contributed by atoms with Crippen LogP contribution in [0.3, 0.4) is 0 Å². The summed E-state index contributed by atoms with van der Waals surface area (Å²) >= 11 is 3.39. The van der Waals surface area contributed by atoms with Crippen molar-refractivity contribution in [2.45, 2.75) is 40.2 Å². The number of anilines is 2. The second-order valence-electron chi connectivity index (χ2n) is 7.96. The molecule has 0 radical (unpaired) electrons. The van der Waals surface area contributed by atoms with E-state index in [0.717, 1.165) is 51.7 Å². The molecule has 1 unspecified atom stereocenters. The first-order valence-corrected chi connectivity index (χ1v) is 12.6. The van der Waals surface area contributed by atoms with E-state index in [9.17, 15) is 5.11 Å². The standard InChI is InChI=1S/C24H29N5OS2/c1-4-17(13-30)9-10-25-22-21(23-28-19-7-5-6-8-20(19)32-23)16(3)27-24(29-22)26-12-18-11-15(2)14-31-18/h5-8,11,14,17,30H,4,9-10,12-13H2,1-3H3,(H2,25,26,27,29). The fraction of sp³-hybridized carbons (Fsp3) is 0.375. The van der Waals surface area contributed by atoms with Crippen molar-refractivity contribution < 1.29 is 5.11 Å². The SMILES string of the molecule is CCC(CO)CCNc1nc(NCc2cc(C)cs2)nc(C)c1-c1nc2ccccc2s1. The highest BCUT2D eigenvalue weighted by molar-refractivity contribution is 7.21. The quantitative estimate of drug-likeness (QED) is 0.271. The van der Waals surface area contributed by atoms with Crippen LogP contribution in [0.25, 0.3) is 20.8 Å². The summed E-state index contributed by atoms with van der Waals surface area (Å²) < 4.78 is 1.15. The Kier molecular flexibility index (Phi) is 7.34. The number of nitrogens with one attached hydrogen (secondary N) is 2. The number of thiophene rings is 1. The summed E-state index contributed by atoms with van der Waals surface area (Å²) in [5, 5.41) is 19.5. The molecule has 1 atom stereocenters. The van der Waals surface area contributed by atoms with Gasteiger partial charge in [-0.1, -0.05) is 25.5 Å². The molecule has 32 heavy (non-hydrogen) atoms. The third-order valence-corrected chi connectivity index (χ3v) is 7.59. The topological polar surface area (TPSA) is 83.0 Å². The summed E-state index contributed by atoms with van der Waals surface area (Å²) in [5.74, 6) is 1.68. The molecule has 3 heterocycles. The average molecular weight is 468 g/mol. The molecule has 6 nitrogen and oxygen atoms in total.